The third kappa shape index (κ3) is 5.85. The number of anilines is 1. The highest BCUT2D eigenvalue weighted by Gasteiger charge is 2.32. The van der Waals surface area contributed by atoms with Gasteiger partial charge in [0, 0.05) is 19.0 Å². The van der Waals surface area contributed by atoms with Crippen LogP contribution >= 0.6 is 0 Å². The first kappa shape index (κ1) is 22.4. The number of ketones is 1. The number of amides is 2. The van der Waals surface area contributed by atoms with E-state index in [1.54, 1.807) is 36.4 Å². The van der Waals surface area contributed by atoms with Crippen LogP contribution in [0.5, 0.6) is 0 Å². The Hall–Kier alpha value is -3.33. The molecule has 0 aromatic heterocycles. The van der Waals surface area contributed by atoms with E-state index < -0.39 is 30.5 Å². The summed E-state index contributed by atoms with van der Waals surface area (Å²) in [5.74, 6) is -1.22. The van der Waals surface area contributed by atoms with Crippen LogP contribution in [0.1, 0.15) is 12.5 Å². The molecule has 2 amide bonds. The number of halogens is 2. The highest BCUT2D eigenvalue weighted by molar-refractivity contribution is 5.90. The summed E-state index contributed by atoms with van der Waals surface area (Å²) in [7, 11) is 0. The summed E-state index contributed by atoms with van der Waals surface area (Å²) >= 11 is 0. The molecule has 1 saturated heterocycles. The molecule has 0 bridgehead atoms. The number of hydrogen-bond donors (Lipinski definition) is 2. The summed E-state index contributed by atoms with van der Waals surface area (Å²) in [6, 6.07) is 11.6. The number of ether oxygens (including phenoxy) is 1. The Morgan fingerprint density at radius 1 is 1.19 bits per heavy atom. The second kappa shape index (κ2) is 10.1. The molecule has 1 fully saturated rings. The molecule has 0 aliphatic carbocycles. The smallest absolute Gasteiger partial charge is 0.414 e. The minimum Gasteiger partial charge on any atom is -0.442 e. The minimum absolute atomic E-state index is 0.0427. The highest BCUT2D eigenvalue weighted by Crippen LogP contribution is 2.29. The molecule has 7 nitrogen and oxygen atoms in total. The first-order valence-corrected chi connectivity index (χ1v) is 9.77. The van der Waals surface area contributed by atoms with Gasteiger partial charge in [0.1, 0.15) is 18.6 Å². The second-order valence-corrected chi connectivity index (χ2v) is 7.19. The third-order valence-electron chi connectivity index (χ3n) is 4.78. The van der Waals surface area contributed by atoms with Crippen LogP contribution in [0.2, 0.25) is 0 Å². The van der Waals surface area contributed by atoms with E-state index in [4.69, 9.17) is 4.74 Å². The van der Waals surface area contributed by atoms with Gasteiger partial charge in [0.05, 0.1) is 25.3 Å². The molecule has 1 unspecified atom stereocenters. The monoisotopic (exact) mass is 431 g/mol. The van der Waals surface area contributed by atoms with Gasteiger partial charge < -0.3 is 15.4 Å². The van der Waals surface area contributed by atoms with E-state index in [0.29, 0.717) is 23.4 Å². The predicted octanol–water partition coefficient (Wildman–Crippen LogP) is 2.58. The molecule has 1 aliphatic rings. The zero-order chi connectivity index (χ0) is 22.4. The molecular weight excluding hydrogens is 408 g/mol. The number of nitrogens with one attached hydrogen (secondary N) is 2. The van der Waals surface area contributed by atoms with Crippen molar-refractivity contribution >= 4 is 23.5 Å². The van der Waals surface area contributed by atoms with Gasteiger partial charge in [0.2, 0.25) is 5.91 Å². The summed E-state index contributed by atoms with van der Waals surface area (Å²) in [6.45, 7) is 1.14. The molecule has 2 N–H and O–H groups in total. The number of nitrogens with zero attached hydrogens (tertiary/aromatic N) is 1. The zero-order valence-electron chi connectivity index (χ0n) is 17.0. The van der Waals surface area contributed by atoms with Gasteiger partial charge in [-0.1, -0.05) is 24.3 Å². The van der Waals surface area contributed by atoms with E-state index in [9.17, 15) is 23.2 Å². The molecule has 2 aromatic carbocycles. The number of carbonyl (C=O) groups is 3. The van der Waals surface area contributed by atoms with Crippen LogP contribution in [0.25, 0.3) is 11.1 Å². The zero-order valence-corrected chi connectivity index (χ0v) is 17.0. The Balaban J connectivity index is 1.65. The number of rotatable bonds is 9. The number of carbonyl (C=O) groups excluding carboxylic acids is 3. The fraction of sp³-hybridized carbons (Fsp3) is 0.318. The van der Waals surface area contributed by atoms with E-state index in [1.807, 2.05) is 0 Å². The van der Waals surface area contributed by atoms with E-state index in [0.717, 1.165) is 5.56 Å². The van der Waals surface area contributed by atoms with Crippen molar-refractivity contribution in [3.8, 4) is 11.1 Å². The topological polar surface area (TPSA) is 87.7 Å². The molecule has 0 radical (unpaired) electrons. The lowest BCUT2D eigenvalue weighted by Gasteiger charge is -2.15. The average Bonchev–Trinajstić information content (AvgIpc) is 3.13. The molecule has 2 aromatic rings. The molecule has 1 heterocycles. The summed E-state index contributed by atoms with van der Waals surface area (Å²) in [4.78, 5) is 35.4. The van der Waals surface area contributed by atoms with Gasteiger partial charge in [-0.15, -0.1) is 0 Å². The molecule has 1 atom stereocenters. The van der Waals surface area contributed by atoms with E-state index >= 15 is 0 Å². The Bertz CT molecular complexity index is 966. The van der Waals surface area contributed by atoms with Crippen LogP contribution < -0.4 is 15.5 Å². The van der Waals surface area contributed by atoms with Crippen molar-refractivity contribution < 1.29 is 27.9 Å². The average molecular weight is 431 g/mol. The SMILES string of the molecule is CC(=O)NCC1CN(c2ccc(-c3ccc(CNCC(=O)CF)cc3)c(F)c2)C(=O)O1. The van der Waals surface area contributed by atoms with Gasteiger partial charge >= 0.3 is 6.09 Å². The fourth-order valence-electron chi connectivity index (χ4n) is 3.20. The lowest BCUT2D eigenvalue weighted by molar-refractivity contribution is -0.120. The first-order valence-electron chi connectivity index (χ1n) is 9.77. The standard InChI is InChI=1S/C22H23F2N3O4/c1-14(28)26-12-19-13-27(22(30)31-19)17-6-7-20(21(24)8-17)16-4-2-15(3-5-16)10-25-11-18(29)9-23/h2-8,19,25H,9-13H2,1H3,(H,26,28). The Morgan fingerprint density at radius 2 is 1.94 bits per heavy atom. The summed E-state index contributed by atoms with van der Waals surface area (Å²) in [5.41, 5.74) is 2.27. The summed E-state index contributed by atoms with van der Waals surface area (Å²) < 4.78 is 32.1. The lowest BCUT2D eigenvalue weighted by Crippen LogP contribution is -2.33. The Labute approximate surface area is 178 Å². The van der Waals surface area contributed by atoms with Gasteiger partial charge in [-0.25, -0.2) is 13.6 Å². The van der Waals surface area contributed by atoms with Gasteiger partial charge in [0.25, 0.3) is 0 Å². The van der Waals surface area contributed by atoms with Crippen LogP contribution in [0.15, 0.2) is 42.5 Å². The Kier molecular flexibility index (Phi) is 7.30. The maximum absolute atomic E-state index is 14.8. The predicted molar refractivity (Wildman–Crippen MR) is 111 cm³/mol. The molecular formula is C22H23F2N3O4. The van der Waals surface area contributed by atoms with Crippen LogP contribution in [0.4, 0.5) is 19.3 Å². The number of alkyl halides is 1. The van der Waals surface area contributed by atoms with E-state index in [-0.39, 0.29) is 25.5 Å². The minimum atomic E-state index is -0.994. The fourth-order valence-corrected chi connectivity index (χ4v) is 3.20. The molecule has 9 heteroatoms. The third-order valence-corrected chi connectivity index (χ3v) is 4.78. The maximum Gasteiger partial charge on any atom is 0.414 e. The van der Waals surface area contributed by atoms with Crippen molar-refractivity contribution in [2.75, 3.05) is 31.2 Å². The summed E-state index contributed by atoms with van der Waals surface area (Å²) in [6.07, 6.45) is -1.09. The van der Waals surface area contributed by atoms with Crippen LogP contribution in [0, 0.1) is 5.82 Å². The van der Waals surface area contributed by atoms with Crippen LogP contribution in [-0.2, 0) is 20.9 Å². The molecule has 0 saturated carbocycles. The van der Waals surface area contributed by atoms with Crippen molar-refractivity contribution in [1.82, 2.24) is 10.6 Å². The molecule has 31 heavy (non-hydrogen) atoms. The maximum atomic E-state index is 14.8. The lowest BCUT2D eigenvalue weighted by atomic mass is 10.0. The quantitative estimate of drug-likeness (QED) is 0.637. The highest BCUT2D eigenvalue weighted by atomic mass is 19.1. The number of cyclic esters (lactones) is 1. The summed E-state index contributed by atoms with van der Waals surface area (Å²) in [5, 5.41) is 5.44. The van der Waals surface area contributed by atoms with Gasteiger partial charge in [-0.2, -0.15) is 0 Å². The van der Waals surface area contributed by atoms with Gasteiger partial charge in [-0.3, -0.25) is 14.5 Å². The number of benzene rings is 2. The van der Waals surface area contributed by atoms with Crippen LogP contribution in [-0.4, -0.2) is 50.2 Å². The number of Topliss-reactive ketones (excluding diaryl/α,β-unsaturated/α-hetero) is 1. The number of hydrogen-bond acceptors (Lipinski definition) is 5. The molecule has 0 spiro atoms. The van der Waals surface area contributed by atoms with E-state index in [2.05, 4.69) is 10.6 Å². The van der Waals surface area contributed by atoms with Crippen molar-refractivity contribution in [1.29, 1.82) is 0 Å². The van der Waals surface area contributed by atoms with Crippen LogP contribution in [0.3, 0.4) is 0 Å². The largest absolute Gasteiger partial charge is 0.442 e. The second-order valence-electron chi connectivity index (χ2n) is 7.19. The van der Waals surface area contributed by atoms with Crippen molar-refractivity contribution in [2.45, 2.75) is 19.6 Å². The van der Waals surface area contributed by atoms with Crippen molar-refractivity contribution in [3.63, 3.8) is 0 Å². The van der Waals surface area contributed by atoms with E-state index in [1.165, 1.54) is 17.9 Å². The molecule has 1 aliphatic heterocycles. The van der Waals surface area contributed by atoms with Gasteiger partial charge in [0.15, 0.2) is 5.78 Å². The van der Waals surface area contributed by atoms with Crippen molar-refractivity contribution in [3.05, 3.63) is 53.8 Å². The molecule has 164 valence electrons. The first-order chi connectivity index (χ1) is 14.9. The Morgan fingerprint density at radius 3 is 2.58 bits per heavy atom. The normalized spacial score (nSPS) is 15.6. The van der Waals surface area contributed by atoms with Gasteiger partial charge in [-0.05, 0) is 29.3 Å². The van der Waals surface area contributed by atoms with Crippen molar-refractivity contribution in [2.24, 2.45) is 0 Å². The molecule has 3 rings (SSSR count).